The minimum atomic E-state index is -1.18. The van der Waals surface area contributed by atoms with Gasteiger partial charge in [0.25, 0.3) is 0 Å². The molecule has 1 heterocycles. The Morgan fingerprint density at radius 3 is 2.55 bits per heavy atom. The van der Waals surface area contributed by atoms with Crippen LogP contribution >= 0.6 is 0 Å². The molecule has 0 bridgehead atoms. The molecule has 0 unspecified atom stereocenters. The fourth-order valence-electron chi connectivity index (χ4n) is 3.94. The first kappa shape index (κ1) is 15.0. The molecular weight excluding hydrogens is 283 g/mol. The van der Waals surface area contributed by atoms with E-state index in [4.69, 9.17) is 0 Å². The lowest BCUT2D eigenvalue weighted by atomic mass is 9.59. The molecule has 1 aromatic rings. The zero-order chi connectivity index (χ0) is 16.1. The highest BCUT2D eigenvalue weighted by molar-refractivity contribution is 6.12. The number of fused-ring (bicyclic) bond motifs is 1. The Kier molecular flexibility index (Phi) is 3.48. The summed E-state index contributed by atoms with van der Waals surface area (Å²) in [5.41, 5.74) is 1.29. The molecule has 4 atom stereocenters. The number of nitrogens with zero attached hydrogens (tertiary/aromatic N) is 2. The zero-order valence-electron chi connectivity index (χ0n) is 12.9. The molecule has 1 saturated carbocycles. The summed E-state index contributed by atoms with van der Waals surface area (Å²) in [6.45, 7) is 5.05. The number of halogens is 1. The van der Waals surface area contributed by atoms with E-state index in [1.165, 1.54) is 19.1 Å². The van der Waals surface area contributed by atoms with Crippen molar-refractivity contribution in [3.63, 3.8) is 0 Å². The van der Waals surface area contributed by atoms with Gasteiger partial charge in [0, 0.05) is 24.0 Å². The molecule has 0 spiro atoms. The lowest BCUT2D eigenvalue weighted by Gasteiger charge is -2.45. The summed E-state index contributed by atoms with van der Waals surface area (Å²) in [6, 6.07) is 6.13. The quantitative estimate of drug-likeness (QED) is 0.913. The van der Waals surface area contributed by atoms with Crippen molar-refractivity contribution in [1.29, 1.82) is 0 Å². The highest BCUT2D eigenvalue weighted by Crippen LogP contribution is 2.48. The fraction of sp³-hybridized carbons (Fsp3) is 0.471. The van der Waals surface area contributed by atoms with Crippen molar-refractivity contribution in [2.75, 3.05) is 0 Å². The van der Waals surface area contributed by atoms with Gasteiger partial charge in [-0.05, 0) is 38.5 Å². The van der Waals surface area contributed by atoms with Gasteiger partial charge in [-0.1, -0.05) is 12.1 Å². The standard InChI is InChI=1S/C17H19FN2O2/c1-9-14-13(20-19-9)8-17(3,22)16(10(2)21)15(14)11-4-6-12(18)7-5-11/h4-7,14-16,22H,8H2,1-3H3/t14-,15-,16-,17-/m0/s1. The van der Waals surface area contributed by atoms with Crippen LogP contribution in [-0.2, 0) is 4.79 Å². The van der Waals surface area contributed by atoms with Gasteiger partial charge >= 0.3 is 0 Å². The minimum Gasteiger partial charge on any atom is -0.389 e. The van der Waals surface area contributed by atoms with Crippen LogP contribution in [0.5, 0.6) is 0 Å². The van der Waals surface area contributed by atoms with Crippen molar-refractivity contribution in [2.24, 2.45) is 22.0 Å². The zero-order valence-corrected chi connectivity index (χ0v) is 12.9. The largest absolute Gasteiger partial charge is 0.389 e. The molecule has 1 N–H and O–H groups in total. The average Bonchev–Trinajstić information content (AvgIpc) is 2.77. The molecule has 4 nitrogen and oxygen atoms in total. The molecule has 0 radical (unpaired) electrons. The number of benzene rings is 1. The second kappa shape index (κ2) is 5.09. The first-order chi connectivity index (χ1) is 10.3. The van der Waals surface area contributed by atoms with Crippen LogP contribution in [0.3, 0.4) is 0 Å². The predicted molar refractivity (Wildman–Crippen MR) is 82.6 cm³/mol. The van der Waals surface area contributed by atoms with Crippen LogP contribution in [0.2, 0.25) is 0 Å². The van der Waals surface area contributed by atoms with E-state index in [0.29, 0.717) is 6.42 Å². The van der Waals surface area contributed by atoms with Crippen molar-refractivity contribution in [1.82, 2.24) is 0 Å². The third-order valence-corrected chi connectivity index (χ3v) is 4.77. The molecule has 116 valence electrons. The summed E-state index contributed by atoms with van der Waals surface area (Å²) in [6.07, 6.45) is 0.334. The summed E-state index contributed by atoms with van der Waals surface area (Å²) in [5.74, 6) is -1.33. The van der Waals surface area contributed by atoms with Gasteiger partial charge in [0.05, 0.1) is 17.2 Å². The fourth-order valence-corrected chi connectivity index (χ4v) is 3.94. The lowest BCUT2D eigenvalue weighted by Crippen LogP contribution is -2.53. The predicted octanol–water partition coefficient (Wildman–Crippen LogP) is 2.72. The topological polar surface area (TPSA) is 62.0 Å². The molecule has 0 aromatic heterocycles. The smallest absolute Gasteiger partial charge is 0.136 e. The number of aliphatic hydroxyl groups is 1. The maximum absolute atomic E-state index is 13.2. The van der Waals surface area contributed by atoms with Crippen molar-refractivity contribution < 1.29 is 14.3 Å². The molecule has 1 aliphatic carbocycles. The van der Waals surface area contributed by atoms with Gasteiger partial charge < -0.3 is 5.11 Å². The Labute approximate surface area is 128 Å². The highest BCUT2D eigenvalue weighted by atomic mass is 19.1. The van der Waals surface area contributed by atoms with Gasteiger partial charge in [0.1, 0.15) is 11.6 Å². The molecule has 1 aliphatic heterocycles. The van der Waals surface area contributed by atoms with Gasteiger partial charge in [-0.15, -0.1) is 0 Å². The molecule has 0 saturated heterocycles. The molecule has 0 amide bonds. The SMILES string of the molecule is CC(=O)[C@H]1[C@@H](c2ccc(F)cc2)[C@H]2C(C)=NN=C2C[C@]1(C)O. The first-order valence-corrected chi connectivity index (χ1v) is 7.40. The van der Waals surface area contributed by atoms with Crippen LogP contribution in [-0.4, -0.2) is 27.9 Å². The normalized spacial score (nSPS) is 34.0. The van der Waals surface area contributed by atoms with E-state index in [-0.39, 0.29) is 23.4 Å². The van der Waals surface area contributed by atoms with E-state index in [1.54, 1.807) is 19.1 Å². The number of rotatable bonds is 2. The molecule has 1 aromatic carbocycles. The Hall–Kier alpha value is -1.88. The average molecular weight is 302 g/mol. The maximum Gasteiger partial charge on any atom is 0.136 e. The number of carbonyl (C=O) groups excluding carboxylic acids is 1. The van der Waals surface area contributed by atoms with E-state index in [9.17, 15) is 14.3 Å². The van der Waals surface area contributed by atoms with Gasteiger partial charge in [0.15, 0.2) is 0 Å². The minimum absolute atomic E-state index is 0.0712. The van der Waals surface area contributed by atoms with Crippen LogP contribution in [0.25, 0.3) is 0 Å². The van der Waals surface area contributed by atoms with E-state index < -0.39 is 11.5 Å². The van der Waals surface area contributed by atoms with Crippen LogP contribution in [0, 0.1) is 17.7 Å². The number of hydrogen-bond acceptors (Lipinski definition) is 4. The summed E-state index contributed by atoms with van der Waals surface area (Å²) in [4.78, 5) is 12.2. The Morgan fingerprint density at radius 2 is 1.95 bits per heavy atom. The third-order valence-electron chi connectivity index (χ3n) is 4.77. The summed E-state index contributed by atoms with van der Waals surface area (Å²) < 4.78 is 13.2. The molecular formula is C17H19FN2O2. The number of ketones is 1. The maximum atomic E-state index is 13.2. The lowest BCUT2D eigenvalue weighted by molar-refractivity contribution is -0.131. The Morgan fingerprint density at radius 1 is 1.32 bits per heavy atom. The third kappa shape index (κ3) is 2.29. The molecule has 22 heavy (non-hydrogen) atoms. The second-order valence-electron chi connectivity index (χ2n) is 6.51. The van der Waals surface area contributed by atoms with Crippen LogP contribution < -0.4 is 0 Å². The van der Waals surface area contributed by atoms with Gasteiger partial charge in [-0.3, -0.25) is 4.79 Å². The van der Waals surface area contributed by atoms with Gasteiger partial charge in [-0.25, -0.2) is 4.39 Å². The van der Waals surface area contributed by atoms with E-state index in [2.05, 4.69) is 10.2 Å². The second-order valence-corrected chi connectivity index (χ2v) is 6.51. The first-order valence-electron chi connectivity index (χ1n) is 7.40. The Bertz CT molecular complexity index is 676. The van der Waals surface area contributed by atoms with Crippen LogP contribution in [0.15, 0.2) is 34.5 Å². The number of hydrogen-bond donors (Lipinski definition) is 1. The van der Waals surface area contributed by atoms with Gasteiger partial charge in [0.2, 0.25) is 0 Å². The van der Waals surface area contributed by atoms with E-state index in [1.807, 2.05) is 6.92 Å². The summed E-state index contributed by atoms with van der Waals surface area (Å²) >= 11 is 0. The van der Waals surface area contributed by atoms with Crippen molar-refractivity contribution >= 4 is 17.2 Å². The van der Waals surface area contributed by atoms with Crippen LogP contribution in [0.4, 0.5) is 4.39 Å². The van der Waals surface area contributed by atoms with Crippen molar-refractivity contribution in [2.45, 2.75) is 38.7 Å². The van der Waals surface area contributed by atoms with E-state index in [0.717, 1.165) is 17.0 Å². The molecule has 5 heteroatoms. The number of Topliss-reactive ketones (excluding diaryl/α,β-unsaturated/α-hetero) is 1. The summed E-state index contributed by atoms with van der Waals surface area (Å²) in [7, 11) is 0. The van der Waals surface area contributed by atoms with Crippen molar-refractivity contribution in [3.8, 4) is 0 Å². The molecule has 1 fully saturated rings. The van der Waals surface area contributed by atoms with E-state index >= 15 is 0 Å². The molecule has 3 rings (SSSR count). The Balaban J connectivity index is 2.14. The summed E-state index contributed by atoms with van der Waals surface area (Å²) in [5, 5.41) is 19.1. The number of carbonyl (C=O) groups is 1. The van der Waals surface area contributed by atoms with Crippen molar-refractivity contribution in [3.05, 3.63) is 35.6 Å². The monoisotopic (exact) mass is 302 g/mol. The van der Waals surface area contributed by atoms with Crippen LogP contribution in [0.1, 0.15) is 38.7 Å². The molecule has 2 aliphatic rings. The highest BCUT2D eigenvalue weighted by Gasteiger charge is 2.53. The van der Waals surface area contributed by atoms with Gasteiger partial charge in [-0.2, -0.15) is 10.2 Å².